The summed E-state index contributed by atoms with van der Waals surface area (Å²) in [5.74, 6) is -0.215. The first-order valence-electron chi connectivity index (χ1n) is 7.35. The summed E-state index contributed by atoms with van der Waals surface area (Å²) in [5.41, 5.74) is 0.0344. The summed E-state index contributed by atoms with van der Waals surface area (Å²) in [5, 5.41) is 2.38. The number of anilines is 1. The number of halogens is 3. The fourth-order valence-corrected chi connectivity index (χ4v) is 2.15. The maximum atomic E-state index is 12.8. The molecule has 1 unspecified atom stereocenters. The molecule has 0 aliphatic carbocycles. The smallest absolute Gasteiger partial charge is 0.433 e. The molecule has 5 nitrogen and oxygen atoms in total. The van der Waals surface area contributed by atoms with E-state index in [-0.39, 0.29) is 5.95 Å². The Morgan fingerprint density at radius 3 is 2.67 bits per heavy atom. The Bertz CT molecular complexity index is 726. The number of carbonyl (C=O) groups excluding carboxylic acids is 1. The summed E-state index contributed by atoms with van der Waals surface area (Å²) in [6, 6.07) is 7.17. The number of alkyl halides is 3. The summed E-state index contributed by atoms with van der Waals surface area (Å²) in [4.78, 5) is 15.9. The maximum absolute atomic E-state index is 12.8. The molecule has 0 spiro atoms. The molecule has 130 valence electrons. The maximum Gasteiger partial charge on any atom is 0.433 e. The number of hydrogen-bond acceptors (Lipinski definition) is 3. The van der Waals surface area contributed by atoms with Crippen LogP contribution >= 0.6 is 0 Å². The van der Waals surface area contributed by atoms with Gasteiger partial charge in [-0.2, -0.15) is 13.2 Å². The van der Waals surface area contributed by atoms with E-state index in [4.69, 9.17) is 4.74 Å². The van der Waals surface area contributed by atoms with Gasteiger partial charge < -0.3 is 9.30 Å². The summed E-state index contributed by atoms with van der Waals surface area (Å²) in [6.45, 7) is 3.64. The van der Waals surface area contributed by atoms with Gasteiger partial charge in [-0.15, -0.1) is 0 Å². The third-order valence-corrected chi connectivity index (χ3v) is 3.44. The number of rotatable bonds is 5. The number of aromatic nitrogens is 2. The monoisotopic (exact) mass is 341 g/mol. The van der Waals surface area contributed by atoms with Crippen molar-refractivity contribution in [3.63, 3.8) is 0 Å². The average Bonchev–Trinajstić information content (AvgIpc) is 2.86. The van der Waals surface area contributed by atoms with Crippen molar-refractivity contribution in [2.75, 3.05) is 5.32 Å². The molecular formula is C16H18F3N3O2. The number of benzene rings is 1. The summed E-state index contributed by atoms with van der Waals surface area (Å²) in [7, 11) is 1.19. The van der Waals surface area contributed by atoms with Gasteiger partial charge in [-0.1, -0.05) is 19.1 Å². The van der Waals surface area contributed by atoms with Crippen LogP contribution in [0.2, 0.25) is 0 Å². The van der Waals surface area contributed by atoms with E-state index in [0.717, 1.165) is 10.1 Å². The number of ether oxygens (including phenoxy) is 1. The number of aryl methyl sites for hydroxylation is 1. The van der Waals surface area contributed by atoms with E-state index in [2.05, 4.69) is 10.3 Å². The van der Waals surface area contributed by atoms with Gasteiger partial charge in [-0.3, -0.25) is 10.1 Å². The lowest BCUT2D eigenvalue weighted by Gasteiger charge is -2.17. The number of amides is 1. The molecule has 1 aromatic carbocycles. The Labute approximate surface area is 137 Å². The van der Waals surface area contributed by atoms with Crippen molar-refractivity contribution >= 4 is 11.9 Å². The highest BCUT2D eigenvalue weighted by atomic mass is 19.4. The number of carbonyl (C=O) groups is 1. The first kappa shape index (κ1) is 17.8. The van der Waals surface area contributed by atoms with Crippen molar-refractivity contribution in [3.8, 4) is 5.75 Å². The van der Waals surface area contributed by atoms with Crippen LogP contribution in [0.25, 0.3) is 0 Å². The minimum absolute atomic E-state index is 0.182. The highest BCUT2D eigenvalue weighted by molar-refractivity contribution is 5.93. The summed E-state index contributed by atoms with van der Waals surface area (Å²) >= 11 is 0. The zero-order valence-electron chi connectivity index (χ0n) is 13.5. The lowest BCUT2D eigenvalue weighted by molar-refractivity contribution is -0.143. The Hall–Kier alpha value is -2.51. The molecule has 0 bridgehead atoms. The van der Waals surface area contributed by atoms with E-state index in [0.29, 0.717) is 18.4 Å². The standard InChI is InChI=1S/C16H18F3N3O2/c1-4-12(24-11-7-5-6-10(2)8-11)14(23)21-15-20-9-13(22(15)3)16(17,18)19/h5-9,12H,4H2,1-3H3,(H,20,21,23). The van der Waals surface area contributed by atoms with Crippen LogP contribution in [-0.2, 0) is 18.0 Å². The van der Waals surface area contributed by atoms with Gasteiger partial charge in [0.2, 0.25) is 5.95 Å². The second kappa shape index (κ2) is 6.94. The largest absolute Gasteiger partial charge is 0.481 e. The lowest BCUT2D eigenvalue weighted by atomic mass is 10.2. The van der Waals surface area contributed by atoms with E-state index in [1.807, 2.05) is 13.0 Å². The zero-order valence-corrected chi connectivity index (χ0v) is 13.5. The highest BCUT2D eigenvalue weighted by Crippen LogP contribution is 2.30. The molecule has 0 fully saturated rings. The zero-order chi connectivity index (χ0) is 17.9. The molecule has 0 saturated heterocycles. The molecule has 1 N–H and O–H groups in total. The van der Waals surface area contributed by atoms with Crippen LogP contribution in [0.1, 0.15) is 24.6 Å². The number of hydrogen-bond donors (Lipinski definition) is 1. The van der Waals surface area contributed by atoms with Crippen LogP contribution in [-0.4, -0.2) is 21.6 Å². The fourth-order valence-electron chi connectivity index (χ4n) is 2.15. The first-order valence-corrected chi connectivity index (χ1v) is 7.35. The Morgan fingerprint density at radius 1 is 1.42 bits per heavy atom. The Morgan fingerprint density at radius 2 is 2.12 bits per heavy atom. The lowest BCUT2D eigenvalue weighted by Crippen LogP contribution is -2.33. The van der Waals surface area contributed by atoms with Crippen LogP contribution < -0.4 is 10.1 Å². The second-order valence-corrected chi connectivity index (χ2v) is 5.34. The molecule has 1 atom stereocenters. The van der Waals surface area contributed by atoms with E-state index in [9.17, 15) is 18.0 Å². The van der Waals surface area contributed by atoms with Crippen molar-refractivity contribution in [1.82, 2.24) is 9.55 Å². The molecule has 24 heavy (non-hydrogen) atoms. The van der Waals surface area contributed by atoms with Gasteiger partial charge >= 0.3 is 6.18 Å². The summed E-state index contributed by atoms with van der Waals surface area (Å²) in [6.07, 6.45) is -4.33. The number of nitrogens with zero attached hydrogens (tertiary/aromatic N) is 2. The minimum atomic E-state index is -4.53. The predicted octanol–water partition coefficient (Wildman–Crippen LogP) is 3.54. The molecule has 1 aromatic heterocycles. The number of nitrogens with one attached hydrogen (secondary N) is 1. The van der Waals surface area contributed by atoms with E-state index >= 15 is 0 Å². The van der Waals surface area contributed by atoms with Gasteiger partial charge in [-0.25, -0.2) is 4.98 Å². The molecule has 8 heteroatoms. The van der Waals surface area contributed by atoms with Crippen molar-refractivity contribution in [2.45, 2.75) is 32.5 Å². The molecule has 1 amide bonds. The van der Waals surface area contributed by atoms with Gasteiger partial charge in [0.15, 0.2) is 6.10 Å². The van der Waals surface area contributed by atoms with Crippen molar-refractivity contribution in [1.29, 1.82) is 0 Å². The molecule has 0 aliphatic rings. The fraction of sp³-hybridized carbons (Fsp3) is 0.375. The van der Waals surface area contributed by atoms with Crippen LogP contribution in [0.4, 0.5) is 19.1 Å². The van der Waals surface area contributed by atoms with Gasteiger partial charge in [0.25, 0.3) is 5.91 Å². The van der Waals surface area contributed by atoms with Crippen LogP contribution in [0.3, 0.4) is 0 Å². The Balaban J connectivity index is 2.11. The van der Waals surface area contributed by atoms with Gasteiger partial charge in [-0.05, 0) is 31.0 Å². The van der Waals surface area contributed by atoms with E-state index < -0.39 is 23.9 Å². The average molecular weight is 341 g/mol. The molecule has 0 aliphatic heterocycles. The SMILES string of the molecule is CCC(Oc1cccc(C)c1)C(=O)Nc1ncc(C(F)(F)F)n1C. The van der Waals surface area contributed by atoms with Crippen molar-refractivity contribution in [3.05, 3.63) is 41.7 Å². The normalized spacial score (nSPS) is 12.8. The third-order valence-electron chi connectivity index (χ3n) is 3.44. The predicted molar refractivity (Wildman–Crippen MR) is 82.7 cm³/mol. The quantitative estimate of drug-likeness (QED) is 0.905. The van der Waals surface area contributed by atoms with Crippen molar-refractivity contribution < 1.29 is 22.7 Å². The molecule has 0 saturated carbocycles. The minimum Gasteiger partial charge on any atom is -0.481 e. The summed E-state index contributed by atoms with van der Waals surface area (Å²) < 4.78 is 44.7. The molecule has 1 heterocycles. The highest BCUT2D eigenvalue weighted by Gasteiger charge is 2.35. The van der Waals surface area contributed by atoms with Gasteiger partial charge in [0.1, 0.15) is 11.4 Å². The van der Waals surface area contributed by atoms with Gasteiger partial charge in [0.05, 0.1) is 6.20 Å². The van der Waals surface area contributed by atoms with Crippen molar-refractivity contribution in [2.24, 2.45) is 7.05 Å². The van der Waals surface area contributed by atoms with Gasteiger partial charge in [0, 0.05) is 7.05 Å². The molecule has 2 rings (SSSR count). The Kier molecular flexibility index (Phi) is 5.16. The van der Waals surface area contributed by atoms with Crippen LogP contribution in [0.5, 0.6) is 5.75 Å². The topological polar surface area (TPSA) is 56.1 Å². The van der Waals surface area contributed by atoms with Crippen LogP contribution in [0, 0.1) is 6.92 Å². The van der Waals surface area contributed by atoms with E-state index in [1.54, 1.807) is 25.1 Å². The number of imidazole rings is 1. The van der Waals surface area contributed by atoms with Crippen LogP contribution in [0.15, 0.2) is 30.5 Å². The second-order valence-electron chi connectivity index (χ2n) is 5.34. The van der Waals surface area contributed by atoms with E-state index in [1.165, 1.54) is 7.05 Å². The molecule has 0 radical (unpaired) electrons. The molecule has 2 aromatic rings. The third kappa shape index (κ3) is 4.06. The molecular weight excluding hydrogens is 323 g/mol. The first-order chi connectivity index (χ1) is 11.2.